The molecule has 1 aromatic heterocycles. The molecule has 0 bridgehead atoms. The molecule has 0 aliphatic carbocycles. The minimum Gasteiger partial charge on any atom is -0.272 e. The summed E-state index contributed by atoms with van der Waals surface area (Å²) < 4.78 is 14.2. The van der Waals surface area contributed by atoms with Gasteiger partial charge in [-0.2, -0.15) is 4.09 Å². The Morgan fingerprint density at radius 1 is 1.40 bits per heavy atom. The van der Waals surface area contributed by atoms with E-state index in [4.69, 9.17) is 11.8 Å². The number of hydrogen-bond acceptors (Lipinski definition) is 2. The molecule has 0 aliphatic heterocycles. The van der Waals surface area contributed by atoms with Gasteiger partial charge in [0.2, 0.25) is 0 Å². The smallest absolute Gasteiger partial charge is 0.272 e. The van der Waals surface area contributed by atoms with Crippen molar-refractivity contribution in [1.29, 1.82) is 0 Å². The number of aromatic nitrogens is 2. The average molecular weight is 293 g/mol. The number of H-pyrrole nitrogens is 1. The fourth-order valence-electron chi connectivity index (χ4n) is 1.23. The number of benzene rings is 1. The monoisotopic (exact) mass is 292 g/mol. The van der Waals surface area contributed by atoms with Crippen LogP contribution in [0.1, 0.15) is 0 Å². The van der Waals surface area contributed by atoms with Gasteiger partial charge in [0.05, 0.1) is 9.86 Å². The van der Waals surface area contributed by atoms with Crippen molar-refractivity contribution >= 4 is 38.6 Å². The van der Waals surface area contributed by atoms with Crippen molar-refractivity contribution in [2.75, 3.05) is 0 Å². The maximum absolute atomic E-state index is 13.6. The summed E-state index contributed by atoms with van der Waals surface area (Å²) in [5.74, 6) is -0.745. The molecule has 0 saturated carbocycles. The minimum absolute atomic E-state index is 0.0188. The van der Waals surface area contributed by atoms with Gasteiger partial charge in [0.15, 0.2) is 5.82 Å². The van der Waals surface area contributed by atoms with Crippen LogP contribution in [0.5, 0.6) is 0 Å². The van der Waals surface area contributed by atoms with Crippen LogP contribution in [-0.4, -0.2) is 9.07 Å². The number of fused-ring (bicyclic) bond motifs is 1. The van der Waals surface area contributed by atoms with Crippen molar-refractivity contribution < 1.29 is 4.39 Å². The van der Waals surface area contributed by atoms with Crippen molar-refractivity contribution in [1.82, 2.24) is 9.07 Å². The predicted molar refractivity (Wildman–Crippen MR) is 57.7 cm³/mol. The van der Waals surface area contributed by atoms with Gasteiger partial charge in [-0.3, -0.25) is 9.78 Å². The molecule has 0 spiro atoms. The molecular formula is C8H3BrClFN2O2. The van der Waals surface area contributed by atoms with E-state index >= 15 is 0 Å². The summed E-state index contributed by atoms with van der Waals surface area (Å²) in [7, 11) is 0. The van der Waals surface area contributed by atoms with Crippen molar-refractivity contribution in [2.45, 2.75) is 0 Å². The lowest BCUT2D eigenvalue weighted by Gasteiger charge is -2.03. The first kappa shape index (κ1) is 10.4. The van der Waals surface area contributed by atoms with Gasteiger partial charge in [0.1, 0.15) is 5.52 Å². The van der Waals surface area contributed by atoms with Gasteiger partial charge in [-0.1, -0.05) is 0 Å². The van der Waals surface area contributed by atoms with Crippen LogP contribution in [0.25, 0.3) is 10.9 Å². The molecule has 0 atom stereocenters. The van der Waals surface area contributed by atoms with Crippen LogP contribution in [-0.2, 0) is 0 Å². The average Bonchev–Trinajstić information content (AvgIpc) is 2.19. The molecule has 1 N–H and O–H groups in total. The maximum atomic E-state index is 13.6. The number of nitrogens with one attached hydrogen (secondary N) is 1. The van der Waals surface area contributed by atoms with E-state index in [-0.39, 0.29) is 15.4 Å². The topological polar surface area (TPSA) is 54.9 Å². The molecule has 1 heterocycles. The van der Waals surface area contributed by atoms with E-state index in [1.165, 1.54) is 12.1 Å². The lowest BCUT2D eigenvalue weighted by Crippen LogP contribution is -2.26. The van der Waals surface area contributed by atoms with E-state index in [0.29, 0.717) is 4.09 Å². The first-order chi connectivity index (χ1) is 7.02. The normalized spacial score (nSPS) is 10.9. The first-order valence-electron chi connectivity index (χ1n) is 3.81. The SMILES string of the molecule is O=c1[nH]c(=O)n(Cl)c2c(F)c(Br)ccc12. The van der Waals surface area contributed by atoms with Gasteiger partial charge >= 0.3 is 5.69 Å². The van der Waals surface area contributed by atoms with E-state index in [1.807, 2.05) is 4.98 Å². The maximum Gasteiger partial charge on any atom is 0.343 e. The van der Waals surface area contributed by atoms with E-state index in [0.717, 1.165) is 0 Å². The van der Waals surface area contributed by atoms with Crippen LogP contribution >= 0.6 is 27.7 Å². The highest BCUT2D eigenvalue weighted by molar-refractivity contribution is 9.10. The molecule has 2 rings (SSSR count). The number of rotatable bonds is 0. The molecule has 78 valence electrons. The Morgan fingerprint density at radius 3 is 2.73 bits per heavy atom. The standard InChI is InChI=1S/C8H3BrClFN2O2/c9-4-2-1-3-6(5(4)11)13(10)8(15)12-7(3)14/h1-2H,(H,12,14,15). The molecule has 0 aliphatic rings. The van der Waals surface area contributed by atoms with Gasteiger partial charge in [-0.15, -0.1) is 0 Å². The van der Waals surface area contributed by atoms with Gasteiger partial charge in [0, 0.05) is 11.8 Å². The fraction of sp³-hybridized carbons (Fsp3) is 0. The van der Waals surface area contributed by atoms with Gasteiger partial charge < -0.3 is 0 Å². The third kappa shape index (κ3) is 1.49. The highest BCUT2D eigenvalue weighted by Crippen LogP contribution is 2.22. The molecular weight excluding hydrogens is 290 g/mol. The summed E-state index contributed by atoms with van der Waals surface area (Å²) in [6.07, 6.45) is 0. The van der Waals surface area contributed by atoms with E-state index in [1.54, 1.807) is 0 Å². The van der Waals surface area contributed by atoms with Gasteiger partial charge in [-0.25, -0.2) is 9.18 Å². The quantitative estimate of drug-likeness (QED) is 0.802. The summed E-state index contributed by atoms with van der Waals surface area (Å²) >= 11 is 8.49. The highest BCUT2D eigenvalue weighted by atomic mass is 79.9. The Balaban J connectivity index is 3.19. The lowest BCUT2D eigenvalue weighted by atomic mass is 10.2. The number of hydrogen-bond donors (Lipinski definition) is 1. The Bertz CT molecular complexity index is 664. The van der Waals surface area contributed by atoms with E-state index < -0.39 is 17.1 Å². The minimum atomic E-state index is -0.869. The summed E-state index contributed by atoms with van der Waals surface area (Å²) in [6, 6.07) is 2.74. The zero-order chi connectivity index (χ0) is 11.2. The largest absolute Gasteiger partial charge is 0.343 e. The van der Waals surface area contributed by atoms with Crippen molar-refractivity contribution in [3.05, 3.63) is 43.3 Å². The summed E-state index contributed by atoms with van der Waals surface area (Å²) in [6.45, 7) is 0. The first-order valence-corrected chi connectivity index (χ1v) is 4.94. The fourth-order valence-corrected chi connectivity index (χ4v) is 1.76. The Hall–Kier alpha value is -1.14. The lowest BCUT2D eigenvalue weighted by molar-refractivity contribution is 0.627. The molecule has 0 radical (unpaired) electrons. The molecule has 15 heavy (non-hydrogen) atoms. The van der Waals surface area contributed by atoms with Gasteiger partial charge in [0.25, 0.3) is 5.56 Å². The summed E-state index contributed by atoms with van der Waals surface area (Å²) in [4.78, 5) is 24.4. The predicted octanol–water partition coefficient (Wildman–Crippen LogP) is 1.59. The van der Waals surface area contributed by atoms with Crippen LogP contribution in [0, 0.1) is 5.82 Å². The van der Waals surface area contributed by atoms with Gasteiger partial charge in [-0.05, 0) is 28.1 Å². The van der Waals surface area contributed by atoms with Crippen LogP contribution in [0.2, 0.25) is 0 Å². The van der Waals surface area contributed by atoms with E-state index in [2.05, 4.69) is 15.9 Å². The zero-order valence-corrected chi connectivity index (χ0v) is 9.39. The number of halogens is 3. The second-order valence-electron chi connectivity index (χ2n) is 2.80. The Kier molecular flexibility index (Phi) is 2.40. The number of nitrogens with zero attached hydrogens (tertiary/aromatic N) is 1. The molecule has 0 saturated heterocycles. The second-order valence-corrected chi connectivity index (χ2v) is 3.99. The molecule has 0 unspecified atom stereocenters. The van der Waals surface area contributed by atoms with Crippen LogP contribution < -0.4 is 11.2 Å². The van der Waals surface area contributed by atoms with Crippen molar-refractivity contribution in [3.63, 3.8) is 0 Å². The van der Waals surface area contributed by atoms with Crippen molar-refractivity contribution in [2.24, 2.45) is 0 Å². The third-order valence-electron chi connectivity index (χ3n) is 1.91. The zero-order valence-electron chi connectivity index (χ0n) is 7.05. The molecule has 0 amide bonds. The molecule has 1 aromatic carbocycles. The number of aromatic amines is 1. The molecule has 2 aromatic rings. The Morgan fingerprint density at radius 2 is 2.07 bits per heavy atom. The van der Waals surface area contributed by atoms with E-state index in [9.17, 15) is 14.0 Å². The van der Waals surface area contributed by atoms with Crippen LogP contribution in [0.15, 0.2) is 26.2 Å². The molecule has 0 fully saturated rings. The summed E-state index contributed by atoms with van der Waals surface area (Å²) in [5.41, 5.74) is -1.77. The second kappa shape index (κ2) is 3.46. The third-order valence-corrected chi connectivity index (χ3v) is 2.84. The summed E-state index contributed by atoms with van der Waals surface area (Å²) in [5, 5.41) is 0.0188. The van der Waals surface area contributed by atoms with Crippen LogP contribution in [0.3, 0.4) is 0 Å². The molecule has 4 nitrogen and oxygen atoms in total. The Labute approximate surface area is 95.5 Å². The highest BCUT2D eigenvalue weighted by Gasteiger charge is 2.12. The van der Waals surface area contributed by atoms with Crippen LogP contribution in [0.4, 0.5) is 4.39 Å². The molecule has 7 heteroatoms. The van der Waals surface area contributed by atoms with Crippen molar-refractivity contribution in [3.8, 4) is 0 Å².